The van der Waals surface area contributed by atoms with E-state index in [-0.39, 0.29) is 17.9 Å². The molecular weight excluding hydrogens is 604 g/mol. The molecule has 5 heterocycles. The smallest absolute Gasteiger partial charge is 0.335 e. The molecule has 1 N–H and O–H groups in total. The summed E-state index contributed by atoms with van der Waals surface area (Å²) in [5.41, 5.74) is 0. The summed E-state index contributed by atoms with van der Waals surface area (Å²) in [6, 6.07) is 10.8. The van der Waals surface area contributed by atoms with Crippen molar-refractivity contribution in [3.8, 4) is 0 Å². The molecule has 0 amide bonds. The molecule has 5 rings (SSSR count). The number of cyclic esters (lactones) is 1. The number of rotatable bonds is 13. The molecule has 0 bridgehead atoms. The fraction of sp³-hybridized carbons (Fsp3) is 0.545. The number of carbonyl (C=O) groups is 3. The van der Waals surface area contributed by atoms with Gasteiger partial charge in [-0.25, -0.2) is 4.79 Å². The molecule has 2 aliphatic rings. The van der Waals surface area contributed by atoms with Crippen molar-refractivity contribution in [1.82, 2.24) is 0 Å². The van der Waals surface area contributed by atoms with Gasteiger partial charge in [0.15, 0.2) is 30.0 Å². The Hall–Kier alpha value is -3.59. The van der Waals surface area contributed by atoms with Gasteiger partial charge in [-0.3, -0.25) is 9.59 Å². The van der Waals surface area contributed by atoms with Crippen molar-refractivity contribution in [3.05, 3.63) is 71.0 Å². The van der Waals surface area contributed by atoms with Crippen LogP contribution in [0.4, 0.5) is 0 Å². The molecule has 3 aromatic rings. The number of esters is 1. The molecule has 256 valence electrons. The highest BCUT2D eigenvalue weighted by Gasteiger charge is 2.30. The Morgan fingerprint density at radius 3 is 1.67 bits per heavy atom. The number of ether oxygens (including phenoxy) is 6. The van der Waals surface area contributed by atoms with Crippen molar-refractivity contribution in [3.63, 3.8) is 0 Å². The van der Waals surface area contributed by atoms with Crippen LogP contribution in [-0.2, 0) is 57.8 Å². The van der Waals surface area contributed by atoms with Crippen LogP contribution < -0.4 is 0 Å². The monoisotopic (exact) mass is 650 g/mol. The molecule has 46 heavy (non-hydrogen) atoms. The van der Waals surface area contributed by atoms with Crippen LogP contribution in [0.3, 0.4) is 0 Å². The van der Waals surface area contributed by atoms with Crippen LogP contribution in [0.1, 0.15) is 93.1 Å². The average molecular weight is 651 g/mol. The van der Waals surface area contributed by atoms with Gasteiger partial charge < -0.3 is 46.8 Å². The molecule has 13 heteroatoms. The Kier molecular flexibility index (Phi) is 17.8. The zero-order valence-corrected chi connectivity index (χ0v) is 27.4. The van der Waals surface area contributed by atoms with E-state index in [1.807, 2.05) is 39.0 Å². The Morgan fingerprint density at radius 1 is 0.826 bits per heavy atom. The Labute approximate surface area is 269 Å². The molecule has 0 spiro atoms. The third-order valence-electron chi connectivity index (χ3n) is 6.15. The SMILES string of the molecule is CC(=O)C(C)O.CCOCc1ccc(C2CO2)o1.CCOCc1ccc(C2COC(C)C(=O)O2)o1.CCOCc1ccc(C=O)o1. The maximum Gasteiger partial charge on any atom is 0.335 e. The summed E-state index contributed by atoms with van der Waals surface area (Å²) in [4.78, 5) is 31.4. The third-order valence-corrected chi connectivity index (χ3v) is 6.15. The summed E-state index contributed by atoms with van der Waals surface area (Å²) in [6.45, 7) is 14.8. The van der Waals surface area contributed by atoms with Gasteiger partial charge in [-0.1, -0.05) is 0 Å². The van der Waals surface area contributed by atoms with E-state index in [0.29, 0.717) is 63.2 Å². The third kappa shape index (κ3) is 14.7. The average Bonchev–Trinajstić information content (AvgIpc) is 3.41. The number of aliphatic hydroxyl groups is 1. The summed E-state index contributed by atoms with van der Waals surface area (Å²) >= 11 is 0. The molecule has 4 atom stereocenters. The zero-order chi connectivity index (χ0) is 33.9. The number of furan rings is 3. The highest BCUT2D eigenvalue weighted by atomic mass is 16.6. The lowest BCUT2D eigenvalue weighted by Gasteiger charge is -2.25. The van der Waals surface area contributed by atoms with Crippen molar-refractivity contribution in [2.75, 3.05) is 33.0 Å². The second kappa shape index (κ2) is 21.3. The van der Waals surface area contributed by atoms with Crippen LogP contribution >= 0.6 is 0 Å². The van der Waals surface area contributed by atoms with E-state index in [9.17, 15) is 14.4 Å². The fourth-order valence-electron chi connectivity index (χ4n) is 3.36. The number of ketones is 1. The summed E-state index contributed by atoms with van der Waals surface area (Å²) in [5.74, 6) is 3.61. The molecule has 0 aliphatic carbocycles. The largest absolute Gasteiger partial charge is 0.461 e. The normalized spacial score (nSPS) is 18.8. The van der Waals surface area contributed by atoms with Gasteiger partial charge in [0.1, 0.15) is 60.8 Å². The van der Waals surface area contributed by atoms with Crippen LogP contribution in [0.5, 0.6) is 0 Å². The molecule has 0 saturated carbocycles. The van der Waals surface area contributed by atoms with Gasteiger partial charge in [0.05, 0.1) is 13.2 Å². The number of hydrogen-bond acceptors (Lipinski definition) is 13. The first kappa shape index (κ1) is 38.6. The highest BCUT2D eigenvalue weighted by molar-refractivity contribution is 5.79. The second-order valence-corrected chi connectivity index (χ2v) is 9.95. The molecule has 2 aliphatic heterocycles. The van der Waals surface area contributed by atoms with Crippen molar-refractivity contribution in [2.45, 2.75) is 85.8 Å². The van der Waals surface area contributed by atoms with Gasteiger partial charge in [0.2, 0.25) is 0 Å². The maximum absolute atomic E-state index is 11.3. The lowest BCUT2D eigenvalue weighted by Crippen LogP contribution is -2.33. The van der Waals surface area contributed by atoms with Crippen LogP contribution in [0, 0.1) is 0 Å². The number of carbonyl (C=O) groups excluding carboxylic acids is 3. The summed E-state index contributed by atoms with van der Waals surface area (Å²) in [6.07, 6.45) is -0.848. The van der Waals surface area contributed by atoms with E-state index in [4.69, 9.17) is 46.8 Å². The van der Waals surface area contributed by atoms with E-state index in [1.54, 1.807) is 25.1 Å². The maximum atomic E-state index is 11.3. The van der Waals surface area contributed by atoms with E-state index in [0.717, 1.165) is 30.5 Å². The molecule has 3 aromatic heterocycles. The number of hydrogen-bond donors (Lipinski definition) is 1. The molecule has 0 aromatic carbocycles. The fourth-order valence-corrected chi connectivity index (χ4v) is 3.36. The molecule has 2 saturated heterocycles. The Bertz CT molecular complexity index is 1280. The number of Topliss-reactive ketones (excluding diaryl/α,β-unsaturated/α-hetero) is 1. The first-order valence-electron chi connectivity index (χ1n) is 15.2. The van der Waals surface area contributed by atoms with Crippen LogP contribution in [0.25, 0.3) is 0 Å². The minimum absolute atomic E-state index is 0.185. The molecule has 2 fully saturated rings. The quantitative estimate of drug-likeness (QED) is 0.144. The van der Waals surface area contributed by atoms with Crippen LogP contribution in [-0.4, -0.2) is 68.4 Å². The second-order valence-electron chi connectivity index (χ2n) is 9.95. The van der Waals surface area contributed by atoms with Gasteiger partial charge in [-0.05, 0) is 77.9 Å². The lowest BCUT2D eigenvalue weighted by atomic mass is 10.2. The molecule has 4 unspecified atom stereocenters. The minimum atomic E-state index is -0.787. The van der Waals surface area contributed by atoms with Gasteiger partial charge in [0.25, 0.3) is 0 Å². The standard InChI is InChI=1S/C12H16O5.C9H12O3.C8H10O3.C4H8O2/c1-3-14-6-9-4-5-10(16-9)11-7-15-8(2)12(13)17-11;1-2-10-5-7-3-4-8(12-7)9-6-11-9;1-2-10-6-8-4-3-7(5-9)11-8;1-3(5)4(2)6/h4-5,8,11H,3,6-7H2,1-2H3;3-4,9H,2,5-6H2,1H3;3-5H,2,6H2,1H3;3,5H,1-2H3. The van der Waals surface area contributed by atoms with E-state index >= 15 is 0 Å². The Balaban J connectivity index is 0.000000226. The van der Waals surface area contributed by atoms with Crippen molar-refractivity contribution in [2.24, 2.45) is 0 Å². The zero-order valence-electron chi connectivity index (χ0n) is 27.4. The van der Waals surface area contributed by atoms with E-state index in [2.05, 4.69) is 0 Å². The van der Waals surface area contributed by atoms with Crippen molar-refractivity contribution < 1.29 is 61.2 Å². The minimum Gasteiger partial charge on any atom is -0.461 e. The van der Waals surface area contributed by atoms with Gasteiger partial charge in [-0.2, -0.15) is 0 Å². The van der Waals surface area contributed by atoms with Crippen molar-refractivity contribution in [1.29, 1.82) is 0 Å². The molecular formula is C33H46O13. The van der Waals surface area contributed by atoms with Gasteiger partial charge in [-0.15, -0.1) is 0 Å². The molecule has 0 radical (unpaired) electrons. The van der Waals surface area contributed by atoms with Gasteiger partial charge in [0, 0.05) is 19.8 Å². The van der Waals surface area contributed by atoms with Crippen molar-refractivity contribution >= 4 is 18.0 Å². The van der Waals surface area contributed by atoms with E-state index in [1.165, 1.54) is 13.8 Å². The topological polar surface area (TPSA) is 170 Å². The highest BCUT2D eigenvalue weighted by Crippen LogP contribution is 2.31. The van der Waals surface area contributed by atoms with Crippen LogP contribution in [0.2, 0.25) is 0 Å². The van der Waals surface area contributed by atoms with E-state index < -0.39 is 18.3 Å². The van der Waals surface area contributed by atoms with Gasteiger partial charge >= 0.3 is 5.97 Å². The molecule has 13 nitrogen and oxygen atoms in total. The van der Waals surface area contributed by atoms with Crippen LogP contribution in [0.15, 0.2) is 49.6 Å². The Morgan fingerprint density at radius 2 is 1.28 bits per heavy atom. The number of epoxide rings is 1. The first-order valence-corrected chi connectivity index (χ1v) is 15.2. The first-order chi connectivity index (χ1) is 22.1. The predicted molar refractivity (Wildman–Crippen MR) is 163 cm³/mol. The lowest BCUT2D eigenvalue weighted by molar-refractivity contribution is -0.184. The number of aldehydes is 1. The summed E-state index contributed by atoms with van der Waals surface area (Å²) < 4.78 is 47.1. The summed E-state index contributed by atoms with van der Waals surface area (Å²) in [5, 5.41) is 8.28. The number of aliphatic hydroxyl groups excluding tert-OH is 1. The summed E-state index contributed by atoms with van der Waals surface area (Å²) in [7, 11) is 0. The predicted octanol–water partition coefficient (Wildman–Crippen LogP) is 5.29.